The number of phenols is 1. The third-order valence-corrected chi connectivity index (χ3v) is 4.54. The molecule has 8 heteroatoms. The van der Waals surface area contributed by atoms with E-state index in [1.807, 2.05) is 24.3 Å². The van der Waals surface area contributed by atoms with Gasteiger partial charge < -0.3 is 9.94 Å². The fourth-order valence-corrected chi connectivity index (χ4v) is 3.09. The highest BCUT2D eigenvalue weighted by Crippen LogP contribution is 2.27. The molecule has 4 rings (SSSR count). The molecule has 0 unspecified atom stereocenters. The molecule has 4 aromatic rings. The Hall–Kier alpha value is -4.20. The van der Waals surface area contributed by atoms with Crippen molar-refractivity contribution in [2.75, 3.05) is 6.61 Å². The van der Waals surface area contributed by atoms with E-state index in [9.17, 15) is 14.7 Å². The number of nitrogens with one attached hydrogen (secondary N) is 1. The lowest BCUT2D eigenvalue weighted by atomic mass is 10.1. The Morgan fingerprint density at radius 3 is 2.70 bits per heavy atom. The zero-order chi connectivity index (χ0) is 21.1. The molecule has 1 heterocycles. The van der Waals surface area contributed by atoms with Gasteiger partial charge in [-0.05, 0) is 30.5 Å². The highest BCUT2D eigenvalue weighted by atomic mass is 16.7. The number of aromatic nitrogens is 2. The van der Waals surface area contributed by atoms with E-state index in [0.29, 0.717) is 27.7 Å². The molecule has 30 heavy (non-hydrogen) atoms. The second kappa shape index (κ2) is 8.04. The van der Waals surface area contributed by atoms with Crippen LogP contribution in [0, 0.1) is 6.92 Å². The van der Waals surface area contributed by atoms with Gasteiger partial charge in [0.1, 0.15) is 11.6 Å². The van der Waals surface area contributed by atoms with Crippen molar-refractivity contribution >= 4 is 33.8 Å². The number of phenolic OH excluding ortho intramolecular Hbond substituents is 1. The zero-order valence-corrected chi connectivity index (χ0v) is 16.1. The van der Waals surface area contributed by atoms with Crippen LogP contribution >= 0.6 is 0 Å². The van der Waals surface area contributed by atoms with Crippen LogP contribution in [-0.4, -0.2) is 33.5 Å². The average molecular weight is 402 g/mol. The molecule has 0 atom stereocenters. The summed E-state index contributed by atoms with van der Waals surface area (Å²) in [7, 11) is 0. The number of hydrogen-bond acceptors (Lipinski definition) is 6. The maximum Gasteiger partial charge on any atom is 0.294 e. The second-order valence-electron chi connectivity index (χ2n) is 6.57. The highest BCUT2D eigenvalue weighted by molar-refractivity contribution is 5.97. The number of rotatable bonds is 5. The van der Waals surface area contributed by atoms with Crippen molar-refractivity contribution in [2.45, 2.75) is 6.92 Å². The van der Waals surface area contributed by atoms with Crippen molar-refractivity contribution in [3.8, 4) is 5.75 Å². The molecule has 3 aromatic carbocycles. The van der Waals surface area contributed by atoms with Crippen LogP contribution in [0.4, 0.5) is 0 Å². The molecule has 0 radical (unpaired) electrons. The largest absolute Gasteiger partial charge is 0.507 e. The van der Waals surface area contributed by atoms with E-state index in [1.165, 1.54) is 6.21 Å². The van der Waals surface area contributed by atoms with Crippen LogP contribution in [0.15, 0.2) is 70.6 Å². The summed E-state index contributed by atoms with van der Waals surface area (Å²) in [5.74, 6) is -0.158. The van der Waals surface area contributed by atoms with Gasteiger partial charge in [-0.2, -0.15) is 5.10 Å². The Kier molecular flexibility index (Phi) is 5.13. The number of aryl methyl sites for hydroxylation is 1. The molecule has 0 saturated carbocycles. The molecule has 8 nitrogen and oxygen atoms in total. The molecular formula is C22H18N4O4. The maximum absolute atomic E-state index is 12.5. The van der Waals surface area contributed by atoms with Gasteiger partial charge in [-0.3, -0.25) is 9.59 Å². The first-order valence-electron chi connectivity index (χ1n) is 9.19. The number of para-hydroxylation sites is 1. The molecule has 0 aliphatic rings. The van der Waals surface area contributed by atoms with Crippen molar-refractivity contribution in [1.29, 1.82) is 0 Å². The van der Waals surface area contributed by atoms with E-state index in [2.05, 4.69) is 15.5 Å². The van der Waals surface area contributed by atoms with E-state index < -0.39 is 18.1 Å². The minimum atomic E-state index is -0.564. The monoisotopic (exact) mass is 402 g/mol. The van der Waals surface area contributed by atoms with Gasteiger partial charge in [0.05, 0.1) is 17.1 Å². The van der Waals surface area contributed by atoms with Crippen LogP contribution in [0.2, 0.25) is 0 Å². The van der Waals surface area contributed by atoms with Crippen molar-refractivity contribution in [1.82, 2.24) is 15.1 Å². The SMILES string of the molecule is Cc1nc2ccccc2c(=O)n1OCC(=O)N/N=C/c1ccc2ccccc2c1O. The molecule has 0 saturated heterocycles. The minimum absolute atomic E-state index is 0.0757. The summed E-state index contributed by atoms with van der Waals surface area (Å²) in [6.07, 6.45) is 1.34. The van der Waals surface area contributed by atoms with E-state index in [4.69, 9.17) is 4.84 Å². The van der Waals surface area contributed by atoms with Gasteiger partial charge in [0.15, 0.2) is 6.61 Å². The summed E-state index contributed by atoms with van der Waals surface area (Å²) in [6.45, 7) is 1.19. The Balaban J connectivity index is 1.43. The molecule has 1 aromatic heterocycles. The molecule has 0 bridgehead atoms. The summed E-state index contributed by atoms with van der Waals surface area (Å²) in [6, 6.07) is 17.8. The third kappa shape index (κ3) is 3.70. The van der Waals surface area contributed by atoms with E-state index in [0.717, 1.165) is 10.1 Å². The van der Waals surface area contributed by atoms with Gasteiger partial charge >= 0.3 is 0 Å². The van der Waals surface area contributed by atoms with Crippen LogP contribution < -0.4 is 15.8 Å². The van der Waals surface area contributed by atoms with E-state index in [1.54, 1.807) is 43.3 Å². The zero-order valence-electron chi connectivity index (χ0n) is 16.1. The van der Waals surface area contributed by atoms with Gasteiger partial charge in [0.2, 0.25) is 0 Å². The van der Waals surface area contributed by atoms with Gasteiger partial charge in [-0.25, -0.2) is 10.4 Å². The molecule has 2 N–H and O–H groups in total. The van der Waals surface area contributed by atoms with E-state index >= 15 is 0 Å². The predicted molar refractivity (Wildman–Crippen MR) is 114 cm³/mol. The third-order valence-electron chi connectivity index (χ3n) is 4.54. The Morgan fingerprint density at radius 2 is 1.87 bits per heavy atom. The van der Waals surface area contributed by atoms with E-state index in [-0.39, 0.29) is 5.75 Å². The first-order valence-corrected chi connectivity index (χ1v) is 9.19. The molecule has 0 spiro atoms. The summed E-state index contributed by atoms with van der Waals surface area (Å²) < 4.78 is 0.987. The van der Waals surface area contributed by atoms with Crippen molar-refractivity contribution < 1.29 is 14.7 Å². The van der Waals surface area contributed by atoms with Crippen molar-refractivity contribution in [2.24, 2.45) is 5.10 Å². The highest BCUT2D eigenvalue weighted by Gasteiger charge is 2.10. The lowest BCUT2D eigenvalue weighted by Gasteiger charge is -2.11. The molecule has 0 aliphatic carbocycles. The number of nitrogens with zero attached hydrogens (tertiary/aromatic N) is 3. The van der Waals surface area contributed by atoms with Gasteiger partial charge in [0.25, 0.3) is 11.5 Å². The molecule has 1 amide bonds. The van der Waals surface area contributed by atoms with Crippen molar-refractivity contribution in [3.63, 3.8) is 0 Å². The van der Waals surface area contributed by atoms with Crippen LogP contribution in [0.25, 0.3) is 21.7 Å². The number of hydrogen-bond donors (Lipinski definition) is 2. The smallest absolute Gasteiger partial charge is 0.294 e. The number of aromatic hydroxyl groups is 1. The van der Waals surface area contributed by atoms with Crippen LogP contribution in [0.1, 0.15) is 11.4 Å². The first kappa shape index (κ1) is 19.1. The number of fused-ring (bicyclic) bond motifs is 2. The Labute approximate surface area is 171 Å². The van der Waals surface area contributed by atoms with Crippen LogP contribution in [-0.2, 0) is 4.79 Å². The average Bonchev–Trinajstić information content (AvgIpc) is 2.75. The maximum atomic E-state index is 12.5. The first-order chi connectivity index (χ1) is 14.5. The lowest BCUT2D eigenvalue weighted by molar-refractivity contribution is -0.126. The van der Waals surface area contributed by atoms with Crippen LogP contribution in [0.3, 0.4) is 0 Å². The summed E-state index contributed by atoms with van der Waals surface area (Å²) >= 11 is 0. The number of amides is 1. The lowest BCUT2D eigenvalue weighted by Crippen LogP contribution is -2.35. The topological polar surface area (TPSA) is 106 Å². The number of benzene rings is 3. The fourth-order valence-electron chi connectivity index (χ4n) is 3.09. The van der Waals surface area contributed by atoms with Crippen LogP contribution in [0.5, 0.6) is 5.75 Å². The number of carbonyl (C=O) groups is 1. The van der Waals surface area contributed by atoms with Gasteiger partial charge in [0, 0.05) is 10.9 Å². The normalized spacial score (nSPS) is 11.2. The van der Waals surface area contributed by atoms with Gasteiger partial charge in [-0.15, -0.1) is 4.73 Å². The molecule has 150 valence electrons. The summed E-state index contributed by atoms with van der Waals surface area (Å²) in [5, 5.41) is 16.2. The summed E-state index contributed by atoms with van der Waals surface area (Å²) in [5.41, 5.74) is 2.94. The fraction of sp³-hybridized carbons (Fsp3) is 0.0909. The Morgan fingerprint density at radius 1 is 1.13 bits per heavy atom. The molecule has 0 aliphatic heterocycles. The number of hydrazone groups is 1. The standard InChI is InChI=1S/C22H18N4O4/c1-14-24-19-9-5-4-8-18(19)22(29)26(14)30-13-20(27)25-23-12-16-11-10-15-6-2-3-7-17(15)21(16)28/h2-12,28H,13H2,1H3,(H,25,27)/b23-12+. The quantitative estimate of drug-likeness (QED) is 0.393. The summed E-state index contributed by atoms with van der Waals surface area (Å²) in [4.78, 5) is 34.2. The molecular weight excluding hydrogens is 384 g/mol. The minimum Gasteiger partial charge on any atom is -0.507 e. The Bertz CT molecular complexity index is 1340. The van der Waals surface area contributed by atoms with Gasteiger partial charge in [-0.1, -0.05) is 42.5 Å². The van der Waals surface area contributed by atoms with Crippen molar-refractivity contribution in [3.05, 3.63) is 82.4 Å². The number of carbonyl (C=O) groups excluding carboxylic acids is 1. The molecule has 0 fully saturated rings. The second-order valence-corrected chi connectivity index (χ2v) is 6.57. The predicted octanol–water partition coefficient (Wildman–Crippen LogP) is 2.14.